The van der Waals surface area contributed by atoms with Crippen molar-refractivity contribution >= 4 is 11.6 Å². The molecule has 1 N–H and O–H groups in total. The van der Waals surface area contributed by atoms with Crippen LogP contribution >= 0.6 is 11.6 Å². The van der Waals surface area contributed by atoms with Gasteiger partial charge in [0.15, 0.2) is 0 Å². The quantitative estimate of drug-likeness (QED) is 0.907. The predicted molar refractivity (Wildman–Crippen MR) is 84.2 cm³/mol. The zero-order chi connectivity index (χ0) is 14.8. The largest absolute Gasteiger partial charge is 0.310 e. The fraction of sp³-hybridized carbons (Fsp3) is 0.800. The molecule has 1 unspecified atom stereocenters. The summed E-state index contributed by atoms with van der Waals surface area (Å²) in [7, 11) is 6.42. The van der Waals surface area contributed by atoms with Crippen molar-refractivity contribution < 1.29 is 0 Å². The highest BCUT2D eigenvalue weighted by Crippen LogP contribution is 2.43. The molecular weight excluding hydrogens is 272 g/mol. The van der Waals surface area contributed by atoms with Gasteiger partial charge in [-0.2, -0.15) is 5.10 Å². The summed E-state index contributed by atoms with van der Waals surface area (Å²) in [5.74, 6) is 0. The van der Waals surface area contributed by atoms with Crippen LogP contribution in [0.2, 0.25) is 5.02 Å². The number of nitrogens with one attached hydrogen (secondary N) is 1. The Hall–Kier alpha value is -0.580. The summed E-state index contributed by atoms with van der Waals surface area (Å²) in [6, 6.07) is 0.216. The summed E-state index contributed by atoms with van der Waals surface area (Å²) < 4.78 is 2.03. The molecule has 1 aromatic heterocycles. The molecular formula is C15H27ClN4. The fourth-order valence-electron chi connectivity index (χ4n) is 3.73. The molecule has 1 aliphatic rings. The lowest BCUT2D eigenvalue weighted by Gasteiger charge is -2.48. The number of nitrogens with zero attached hydrogens (tertiary/aromatic N) is 3. The summed E-state index contributed by atoms with van der Waals surface area (Å²) in [6.07, 6.45) is 8.10. The van der Waals surface area contributed by atoms with Gasteiger partial charge in [0.2, 0.25) is 0 Å². The van der Waals surface area contributed by atoms with E-state index >= 15 is 0 Å². The average Bonchev–Trinajstić information content (AvgIpc) is 2.82. The van der Waals surface area contributed by atoms with Gasteiger partial charge in [0.05, 0.1) is 23.0 Å². The molecule has 1 atom stereocenters. The minimum Gasteiger partial charge on any atom is -0.310 e. The minimum absolute atomic E-state index is 0.129. The molecule has 1 aromatic rings. The van der Waals surface area contributed by atoms with Crippen molar-refractivity contribution in [2.45, 2.75) is 57.2 Å². The van der Waals surface area contributed by atoms with Crippen molar-refractivity contribution in [1.82, 2.24) is 20.0 Å². The molecule has 5 heteroatoms. The Labute approximate surface area is 127 Å². The third-order valence-electron chi connectivity index (χ3n) is 4.84. The van der Waals surface area contributed by atoms with E-state index in [2.05, 4.69) is 36.3 Å². The standard InChI is InChI=1S/C15H27ClN4/c1-5-20-13(12(16)11-18-20)14(17-2)15(19(3)4)9-7-6-8-10-15/h11,14,17H,5-10H2,1-4H3. The molecule has 0 aromatic carbocycles. The van der Waals surface area contributed by atoms with Gasteiger partial charge < -0.3 is 10.2 Å². The van der Waals surface area contributed by atoms with Crippen molar-refractivity contribution in [2.24, 2.45) is 0 Å². The molecule has 0 spiro atoms. The molecule has 1 aliphatic carbocycles. The third kappa shape index (κ3) is 2.61. The van der Waals surface area contributed by atoms with Crippen LogP contribution in [0.15, 0.2) is 6.20 Å². The Morgan fingerprint density at radius 1 is 1.40 bits per heavy atom. The van der Waals surface area contributed by atoms with Gasteiger partial charge in [-0.1, -0.05) is 30.9 Å². The normalized spacial score (nSPS) is 20.3. The second-order valence-corrected chi connectivity index (χ2v) is 6.38. The predicted octanol–water partition coefficient (Wildman–Crippen LogP) is 3.08. The van der Waals surface area contributed by atoms with Crippen molar-refractivity contribution in [3.63, 3.8) is 0 Å². The van der Waals surface area contributed by atoms with E-state index in [1.54, 1.807) is 6.20 Å². The van der Waals surface area contributed by atoms with E-state index in [0.717, 1.165) is 17.3 Å². The van der Waals surface area contributed by atoms with E-state index in [1.807, 2.05) is 11.7 Å². The van der Waals surface area contributed by atoms with E-state index in [0.29, 0.717) is 0 Å². The third-order valence-corrected chi connectivity index (χ3v) is 5.13. The van der Waals surface area contributed by atoms with Gasteiger partial charge in [0, 0.05) is 12.1 Å². The first-order chi connectivity index (χ1) is 9.56. The number of aromatic nitrogens is 2. The van der Waals surface area contributed by atoms with Crippen LogP contribution in [0.5, 0.6) is 0 Å². The molecule has 20 heavy (non-hydrogen) atoms. The molecule has 0 saturated heterocycles. The van der Waals surface area contributed by atoms with Gasteiger partial charge in [-0.05, 0) is 40.9 Å². The van der Waals surface area contributed by atoms with Crippen LogP contribution in [0, 0.1) is 0 Å². The number of hydrogen-bond donors (Lipinski definition) is 1. The molecule has 0 bridgehead atoms. The second-order valence-electron chi connectivity index (χ2n) is 5.97. The zero-order valence-corrected chi connectivity index (χ0v) is 13.9. The smallest absolute Gasteiger partial charge is 0.0834 e. The van der Waals surface area contributed by atoms with Gasteiger partial charge in [-0.3, -0.25) is 4.68 Å². The van der Waals surface area contributed by atoms with Gasteiger partial charge >= 0.3 is 0 Å². The number of hydrogen-bond acceptors (Lipinski definition) is 3. The second kappa shape index (κ2) is 6.46. The van der Waals surface area contributed by atoms with Gasteiger partial charge in [0.1, 0.15) is 0 Å². The lowest BCUT2D eigenvalue weighted by Crippen LogP contribution is -2.54. The van der Waals surface area contributed by atoms with E-state index in [4.69, 9.17) is 11.6 Å². The maximum atomic E-state index is 6.44. The topological polar surface area (TPSA) is 33.1 Å². The maximum absolute atomic E-state index is 6.44. The SMILES string of the molecule is CCn1ncc(Cl)c1C(NC)C1(N(C)C)CCCCC1. The van der Waals surface area contributed by atoms with Crippen molar-refractivity contribution in [3.8, 4) is 0 Å². The lowest BCUT2D eigenvalue weighted by atomic mass is 9.74. The number of aryl methyl sites for hydroxylation is 1. The first-order valence-electron chi connectivity index (χ1n) is 7.62. The molecule has 0 radical (unpaired) electrons. The highest BCUT2D eigenvalue weighted by molar-refractivity contribution is 6.31. The highest BCUT2D eigenvalue weighted by Gasteiger charge is 2.43. The monoisotopic (exact) mass is 298 g/mol. The summed E-state index contributed by atoms with van der Waals surface area (Å²) in [4.78, 5) is 2.39. The fourth-order valence-corrected chi connectivity index (χ4v) is 3.98. The van der Waals surface area contributed by atoms with Crippen LogP contribution in [0.4, 0.5) is 0 Å². The maximum Gasteiger partial charge on any atom is 0.0834 e. The van der Waals surface area contributed by atoms with Crippen LogP contribution in [-0.4, -0.2) is 41.4 Å². The molecule has 114 valence electrons. The molecule has 4 nitrogen and oxygen atoms in total. The summed E-state index contributed by atoms with van der Waals surface area (Å²) in [5, 5.41) is 8.72. The minimum atomic E-state index is 0.129. The van der Waals surface area contributed by atoms with Crippen molar-refractivity contribution in [2.75, 3.05) is 21.1 Å². The number of likely N-dealkylation sites (N-methyl/N-ethyl adjacent to an activating group) is 2. The first kappa shape index (κ1) is 15.8. The molecule has 1 heterocycles. The Balaban J connectivity index is 2.45. The van der Waals surface area contributed by atoms with E-state index in [9.17, 15) is 0 Å². The van der Waals surface area contributed by atoms with Crippen LogP contribution in [0.25, 0.3) is 0 Å². The molecule has 1 saturated carbocycles. The highest BCUT2D eigenvalue weighted by atomic mass is 35.5. The van der Waals surface area contributed by atoms with Crippen LogP contribution in [-0.2, 0) is 6.54 Å². The van der Waals surface area contributed by atoms with Crippen LogP contribution < -0.4 is 5.32 Å². The molecule has 0 aliphatic heterocycles. The lowest BCUT2D eigenvalue weighted by molar-refractivity contribution is 0.0561. The first-order valence-corrected chi connectivity index (χ1v) is 8.00. The van der Waals surface area contributed by atoms with E-state index in [-0.39, 0.29) is 11.6 Å². The molecule has 0 amide bonds. The number of rotatable bonds is 5. The van der Waals surface area contributed by atoms with Crippen LogP contribution in [0.3, 0.4) is 0 Å². The molecule has 1 fully saturated rings. The Kier molecular flexibility index (Phi) is 5.10. The number of halogens is 1. The van der Waals surface area contributed by atoms with E-state index < -0.39 is 0 Å². The Morgan fingerprint density at radius 3 is 2.55 bits per heavy atom. The summed E-state index contributed by atoms with van der Waals surface area (Å²) in [5.41, 5.74) is 1.26. The average molecular weight is 299 g/mol. The van der Waals surface area contributed by atoms with Crippen molar-refractivity contribution in [3.05, 3.63) is 16.9 Å². The Morgan fingerprint density at radius 2 is 2.05 bits per heavy atom. The van der Waals surface area contributed by atoms with Crippen LogP contribution in [0.1, 0.15) is 50.8 Å². The van der Waals surface area contributed by atoms with Gasteiger partial charge in [-0.25, -0.2) is 0 Å². The zero-order valence-electron chi connectivity index (χ0n) is 13.1. The van der Waals surface area contributed by atoms with Gasteiger partial charge in [0.25, 0.3) is 0 Å². The van der Waals surface area contributed by atoms with Gasteiger partial charge in [-0.15, -0.1) is 0 Å². The summed E-state index contributed by atoms with van der Waals surface area (Å²) >= 11 is 6.44. The molecule has 2 rings (SSSR count). The van der Waals surface area contributed by atoms with E-state index in [1.165, 1.54) is 32.1 Å². The van der Waals surface area contributed by atoms with Crippen molar-refractivity contribution in [1.29, 1.82) is 0 Å². The Bertz CT molecular complexity index is 435. The summed E-state index contributed by atoms with van der Waals surface area (Å²) in [6.45, 7) is 2.96.